The van der Waals surface area contributed by atoms with Gasteiger partial charge in [0.05, 0.1) is 13.2 Å². The fraction of sp³-hybridized carbons (Fsp3) is 0.357. The molecule has 1 aromatic rings. The number of hydrogen-bond acceptors (Lipinski definition) is 2. The lowest BCUT2D eigenvalue weighted by molar-refractivity contribution is -0.128. The molecule has 17 heavy (non-hydrogen) atoms. The number of rotatable bonds is 2. The average molecular weight is 231 g/mol. The molecule has 3 nitrogen and oxygen atoms in total. The number of nitrogens with zero attached hydrogens (tertiary/aromatic N) is 1. The third-order valence-corrected chi connectivity index (χ3v) is 2.90. The van der Waals surface area contributed by atoms with Crippen LogP contribution in [0.1, 0.15) is 12.5 Å². The molecule has 1 aliphatic heterocycles. The van der Waals surface area contributed by atoms with Crippen LogP contribution in [0.4, 0.5) is 0 Å². The van der Waals surface area contributed by atoms with Crippen molar-refractivity contribution in [2.24, 2.45) is 0 Å². The third-order valence-electron chi connectivity index (χ3n) is 2.90. The topological polar surface area (TPSA) is 29.5 Å². The van der Waals surface area contributed by atoms with Gasteiger partial charge in [-0.25, -0.2) is 0 Å². The lowest BCUT2D eigenvalue weighted by Crippen LogP contribution is -2.41. The first-order valence-electron chi connectivity index (χ1n) is 5.91. The Morgan fingerprint density at radius 1 is 1.24 bits per heavy atom. The van der Waals surface area contributed by atoms with Crippen molar-refractivity contribution in [2.75, 3.05) is 26.3 Å². The monoisotopic (exact) mass is 231 g/mol. The standard InChI is InChI=1S/C14H17NO2/c1-2-13(12-6-4-3-5-7-12)14(16)15-8-10-17-11-9-15/h2-7H,8-11H2,1H3. The van der Waals surface area contributed by atoms with Crippen molar-refractivity contribution in [2.45, 2.75) is 6.92 Å². The quantitative estimate of drug-likeness (QED) is 0.728. The molecule has 1 aliphatic rings. The van der Waals surface area contributed by atoms with Crippen LogP contribution < -0.4 is 0 Å². The largest absolute Gasteiger partial charge is 0.378 e. The molecule has 1 saturated heterocycles. The van der Waals surface area contributed by atoms with Crippen molar-refractivity contribution in [1.82, 2.24) is 4.90 Å². The van der Waals surface area contributed by atoms with E-state index < -0.39 is 0 Å². The van der Waals surface area contributed by atoms with E-state index in [-0.39, 0.29) is 5.91 Å². The lowest BCUT2D eigenvalue weighted by Gasteiger charge is -2.27. The van der Waals surface area contributed by atoms with Crippen LogP contribution in [0.3, 0.4) is 0 Å². The fourth-order valence-corrected chi connectivity index (χ4v) is 1.97. The molecule has 0 atom stereocenters. The van der Waals surface area contributed by atoms with Gasteiger partial charge in [0.25, 0.3) is 5.91 Å². The van der Waals surface area contributed by atoms with Crippen molar-refractivity contribution in [3.05, 3.63) is 42.0 Å². The van der Waals surface area contributed by atoms with E-state index in [0.717, 1.165) is 11.1 Å². The number of benzene rings is 1. The zero-order valence-corrected chi connectivity index (χ0v) is 10.1. The zero-order valence-electron chi connectivity index (χ0n) is 10.1. The smallest absolute Gasteiger partial charge is 0.254 e. The molecular formula is C14H17NO2. The predicted octanol–water partition coefficient (Wildman–Crippen LogP) is 1.95. The number of hydrogen-bond donors (Lipinski definition) is 0. The fourth-order valence-electron chi connectivity index (χ4n) is 1.97. The molecule has 0 radical (unpaired) electrons. The van der Waals surface area contributed by atoms with Crippen molar-refractivity contribution in [3.63, 3.8) is 0 Å². The molecule has 0 spiro atoms. The van der Waals surface area contributed by atoms with Gasteiger partial charge < -0.3 is 9.64 Å². The maximum atomic E-state index is 12.3. The van der Waals surface area contributed by atoms with Gasteiger partial charge in [-0.15, -0.1) is 0 Å². The van der Waals surface area contributed by atoms with Gasteiger partial charge in [-0.05, 0) is 12.5 Å². The Labute approximate surface area is 102 Å². The highest BCUT2D eigenvalue weighted by atomic mass is 16.5. The third kappa shape index (κ3) is 2.74. The molecule has 2 rings (SSSR count). The Balaban J connectivity index is 2.16. The number of allylic oxidation sites excluding steroid dienone is 1. The summed E-state index contributed by atoms with van der Waals surface area (Å²) in [6.45, 7) is 4.54. The highest BCUT2D eigenvalue weighted by Gasteiger charge is 2.20. The Bertz CT molecular complexity index is 405. The number of carbonyl (C=O) groups excluding carboxylic acids is 1. The van der Waals surface area contributed by atoms with E-state index in [4.69, 9.17) is 4.74 Å². The molecule has 0 unspecified atom stereocenters. The maximum Gasteiger partial charge on any atom is 0.254 e. The van der Waals surface area contributed by atoms with Gasteiger partial charge in [0.1, 0.15) is 0 Å². The summed E-state index contributed by atoms with van der Waals surface area (Å²) in [5.41, 5.74) is 1.75. The molecular weight excluding hydrogens is 214 g/mol. The van der Waals surface area contributed by atoms with Crippen molar-refractivity contribution < 1.29 is 9.53 Å². The van der Waals surface area contributed by atoms with Crippen LogP contribution >= 0.6 is 0 Å². The van der Waals surface area contributed by atoms with Gasteiger partial charge in [-0.3, -0.25) is 4.79 Å². The second-order valence-electron chi connectivity index (χ2n) is 3.97. The van der Waals surface area contributed by atoms with E-state index in [0.29, 0.717) is 26.3 Å². The van der Waals surface area contributed by atoms with Gasteiger partial charge in [0.15, 0.2) is 0 Å². The minimum absolute atomic E-state index is 0.0991. The molecule has 0 aliphatic carbocycles. The van der Waals surface area contributed by atoms with Crippen LogP contribution in [0.2, 0.25) is 0 Å². The molecule has 1 fully saturated rings. The summed E-state index contributed by atoms with van der Waals surface area (Å²) in [4.78, 5) is 14.2. The van der Waals surface area contributed by atoms with Crippen molar-refractivity contribution in [1.29, 1.82) is 0 Å². The Morgan fingerprint density at radius 2 is 1.88 bits per heavy atom. The molecule has 3 heteroatoms. The number of carbonyl (C=O) groups is 1. The lowest BCUT2D eigenvalue weighted by atomic mass is 10.0. The molecule has 0 aromatic heterocycles. The minimum Gasteiger partial charge on any atom is -0.378 e. The molecule has 90 valence electrons. The van der Waals surface area contributed by atoms with Crippen LogP contribution in [0, 0.1) is 0 Å². The van der Waals surface area contributed by atoms with Gasteiger partial charge in [-0.2, -0.15) is 0 Å². The van der Waals surface area contributed by atoms with Crippen LogP contribution in [0.5, 0.6) is 0 Å². The Morgan fingerprint density at radius 3 is 2.47 bits per heavy atom. The predicted molar refractivity (Wildman–Crippen MR) is 67.5 cm³/mol. The van der Waals surface area contributed by atoms with Crippen molar-refractivity contribution >= 4 is 11.5 Å². The summed E-state index contributed by atoms with van der Waals surface area (Å²) >= 11 is 0. The van der Waals surface area contributed by atoms with Crippen LogP contribution in [0.25, 0.3) is 5.57 Å². The molecule has 1 heterocycles. The van der Waals surface area contributed by atoms with Crippen molar-refractivity contribution in [3.8, 4) is 0 Å². The van der Waals surface area contributed by atoms with E-state index in [9.17, 15) is 4.79 Å². The van der Waals surface area contributed by atoms with Gasteiger partial charge in [0, 0.05) is 18.7 Å². The minimum atomic E-state index is 0.0991. The SMILES string of the molecule is CC=C(C(=O)N1CCOCC1)c1ccccc1. The Kier molecular flexibility index (Phi) is 3.94. The van der Waals surface area contributed by atoms with Crippen LogP contribution in [-0.4, -0.2) is 37.1 Å². The molecule has 0 bridgehead atoms. The summed E-state index contributed by atoms with van der Waals surface area (Å²) in [6.07, 6.45) is 1.88. The number of ether oxygens (including phenoxy) is 1. The van der Waals surface area contributed by atoms with E-state index in [1.165, 1.54) is 0 Å². The summed E-state index contributed by atoms with van der Waals surface area (Å²) in [5, 5.41) is 0. The number of amides is 1. The highest BCUT2D eigenvalue weighted by Crippen LogP contribution is 2.17. The first-order valence-corrected chi connectivity index (χ1v) is 5.91. The van der Waals surface area contributed by atoms with E-state index in [2.05, 4.69) is 0 Å². The van der Waals surface area contributed by atoms with E-state index >= 15 is 0 Å². The maximum absolute atomic E-state index is 12.3. The van der Waals surface area contributed by atoms with Gasteiger partial charge in [0.2, 0.25) is 0 Å². The van der Waals surface area contributed by atoms with Gasteiger partial charge in [-0.1, -0.05) is 36.4 Å². The highest BCUT2D eigenvalue weighted by molar-refractivity contribution is 6.19. The summed E-state index contributed by atoms with van der Waals surface area (Å²) in [5.74, 6) is 0.0991. The first kappa shape index (κ1) is 11.9. The van der Waals surface area contributed by atoms with E-state index in [1.807, 2.05) is 48.2 Å². The second kappa shape index (κ2) is 5.64. The second-order valence-corrected chi connectivity index (χ2v) is 3.97. The average Bonchev–Trinajstić information content (AvgIpc) is 2.42. The molecule has 0 saturated carbocycles. The summed E-state index contributed by atoms with van der Waals surface area (Å²) in [6, 6.07) is 9.79. The normalized spacial score (nSPS) is 17.0. The summed E-state index contributed by atoms with van der Waals surface area (Å²) < 4.78 is 5.26. The Hall–Kier alpha value is -1.61. The van der Waals surface area contributed by atoms with Gasteiger partial charge >= 0.3 is 0 Å². The molecule has 1 aromatic carbocycles. The molecule has 1 amide bonds. The summed E-state index contributed by atoms with van der Waals surface area (Å²) in [7, 11) is 0. The van der Waals surface area contributed by atoms with E-state index in [1.54, 1.807) is 0 Å². The molecule has 0 N–H and O–H groups in total. The number of morpholine rings is 1. The first-order chi connectivity index (χ1) is 8.33. The zero-order chi connectivity index (χ0) is 12.1. The van der Waals surface area contributed by atoms with Crippen LogP contribution in [-0.2, 0) is 9.53 Å². The van der Waals surface area contributed by atoms with Crippen LogP contribution in [0.15, 0.2) is 36.4 Å².